The number of rotatable bonds is 3. The summed E-state index contributed by atoms with van der Waals surface area (Å²) in [6.07, 6.45) is 1.60. The molecule has 2 aromatic carbocycles. The minimum absolute atomic E-state index is 0.0162. The molecule has 0 amide bonds. The van der Waals surface area contributed by atoms with Gasteiger partial charge < -0.3 is 15.1 Å². The third kappa shape index (κ3) is 2.59. The summed E-state index contributed by atoms with van der Waals surface area (Å²) in [6.45, 7) is 0. The molecule has 2 aromatic rings. The summed E-state index contributed by atoms with van der Waals surface area (Å²) < 4.78 is 0. The number of thioether (sulfide) groups is 1. The van der Waals surface area contributed by atoms with Gasteiger partial charge in [-0.1, -0.05) is 59.8 Å². The molecule has 0 radical (unpaired) electrons. The summed E-state index contributed by atoms with van der Waals surface area (Å²) in [5.41, 5.74) is 1.65. The lowest BCUT2D eigenvalue weighted by Crippen LogP contribution is -2.53. The summed E-state index contributed by atoms with van der Waals surface area (Å²) in [7, 11) is 0. The minimum Gasteiger partial charge on any atom is -0.481 e. The molecule has 2 unspecified atom stereocenters. The number of hydrogen-bond donors (Lipinski definition) is 2. The predicted octanol–water partition coefficient (Wildman–Crippen LogP) is 3.80. The van der Waals surface area contributed by atoms with E-state index < -0.39 is 16.9 Å². The van der Waals surface area contributed by atoms with Gasteiger partial charge in [-0.3, -0.25) is 9.79 Å². The zero-order valence-electron chi connectivity index (χ0n) is 15.0. The van der Waals surface area contributed by atoms with E-state index in [0.29, 0.717) is 10.6 Å². The maximum atomic E-state index is 11.9. The molecule has 1 fully saturated rings. The van der Waals surface area contributed by atoms with Crippen LogP contribution in [0.3, 0.4) is 0 Å². The first-order chi connectivity index (χ1) is 13.5. The average Bonchev–Trinajstić information content (AvgIpc) is 3.18. The molecular formula is C21H19ClN2O3S. The maximum absolute atomic E-state index is 11.9. The fourth-order valence-electron chi connectivity index (χ4n) is 4.69. The van der Waals surface area contributed by atoms with Crippen LogP contribution in [0.5, 0.6) is 0 Å². The molecule has 144 valence electrons. The Labute approximate surface area is 172 Å². The Balaban J connectivity index is 1.61. The third-order valence-electron chi connectivity index (χ3n) is 5.91. The molecule has 0 aromatic heterocycles. The van der Waals surface area contributed by atoms with E-state index in [-0.39, 0.29) is 18.5 Å². The summed E-state index contributed by atoms with van der Waals surface area (Å²) >= 11 is 7.61. The van der Waals surface area contributed by atoms with Gasteiger partial charge in [0.15, 0.2) is 10.9 Å². The van der Waals surface area contributed by atoms with Gasteiger partial charge in [-0.05, 0) is 36.1 Å². The standard InChI is InChI=1S/C21H19ClN2O3S/c22-14-8-6-12-7-9-16-19(15(12)10-14)23-20-24(16)21(27,13-4-2-1-3-5-13)17(28-20)11-18(25)26/h1-6,8,10,16-17,19,27H,7,9,11H2,(H,25,26)/t16-,17?,19-,21?/m0/s1. The van der Waals surface area contributed by atoms with Crippen LogP contribution in [0.2, 0.25) is 5.02 Å². The first-order valence-corrected chi connectivity index (χ1v) is 10.6. The van der Waals surface area contributed by atoms with Crippen LogP contribution >= 0.6 is 23.4 Å². The van der Waals surface area contributed by atoms with E-state index in [1.165, 1.54) is 17.3 Å². The van der Waals surface area contributed by atoms with Crippen LogP contribution in [0.15, 0.2) is 53.5 Å². The Hall–Kier alpha value is -2.02. The number of aliphatic carboxylic acids is 1. The number of carbonyl (C=O) groups is 1. The zero-order valence-corrected chi connectivity index (χ0v) is 16.5. The molecule has 0 spiro atoms. The first-order valence-electron chi connectivity index (χ1n) is 9.30. The number of fused-ring (bicyclic) bond motifs is 5. The summed E-state index contributed by atoms with van der Waals surface area (Å²) in [4.78, 5) is 18.4. The normalized spacial score (nSPS) is 30.4. The van der Waals surface area contributed by atoms with Crippen molar-refractivity contribution in [2.24, 2.45) is 4.99 Å². The number of halogens is 1. The molecule has 0 bridgehead atoms. The van der Waals surface area contributed by atoms with Crippen molar-refractivity contribution in [2.45, 2.75) is 42.3 Å². The van der Waals surface area contributed by atoms with Crippen LogP contribution in [0.4, 0.5) is 0 Å². The molecule has 4 atom stereocenters. The fourth-order valence-corrected chi connectivity index (χ4v) is 6.33. The number of hydrogen-bond acceptors (Lipinski definition) is 5. The Morgan fingerprint density at radius 1 is 1.29 bits per heavy atom. The smallest absolute Gasteiger partial charge is 0.304 e. The fraction of sp³-hybridized carbons (Fsp3) is 0.333. The van der Waals surface area contributed by atoms with E-state index in [4.69, 9.17) is 16.6 Å². The maximum Gasteiger partial charge on any atom is 0.304 e. The Morgan fingerprint density at radius 3 is 2.82 bits per heavy atom. The lowest BCUT2D eigenvalue weighted by atomic mass is 9.82. The van der Waals surface area contributed by atoms with Crippen molar-refractivity contribution in [3.8, 4) is 0 Å². The number of carboxylic acids is 1. The predicted molar refractivity (Wildman–Crippen MR) is 110 cm³/mol. The second-order valence-corrected chi connectivity index (χ2v) is 9.08. The third-order valence-corrected chi connectivity index (χ3v) is 7.44. The van der Waals surface area contributed by atoms with Gasteiger partial charge in [0, 0.05) is 10.6 Å². The number of benzene rings is 2. The SMILES string of the molecule is O=C(O)CC1SC2=N[C@H]3c4cc(Cl)ccc4CC[C@@H]3N2C1(O)c1ccccc1. The first kappa shape index (κ1) is 18.0. The monoisotopic (exact) mass is 414 g/mol. The molecule has 5 nitrogen and oxygen atoms in total. The lowest BCUT2D eigenvalue weighted by Gasteiger charge is -2.42. The van der Waals surface area contributed by atoms with Crippen LogP contribution in [-0.2, 0) is 16.9 Å². The molecule has 2 aliphatic heterocycles. The van der Waals surface area contributed by atoms with Crippen molar-refractivity contribution in [1.29, 1.82) is 0 Å². The molecule has 2 N–H and O–H groups in total. The minimum atomic E-state index is -1.40. The van der Waals surface area contributed by atoms with E-state index in [9.17, 15) is 15.0 Å². The van der Waals surface area contributed by atoms with Crippen molar-refractivity contribution in [1.82, 2.24) is 4.90 Å². The summed E-state index contributed by atoms with van der Waals surface area (Å²) in [6, 6.07) is 15.2. The van der Waals surface area contributed by atoms with E-state index in [1.54, 1.807) is 0 Å². The number of aliphatic imine (C=N–C) groups is 1. The van der Waals surface area contributed by atoms with E-state index in [2.05, 4.69) is 6.07 Å². The van der Waals surface area contributed by atoms with Crippen molar-refractivity contribution < 1.29 is 15.0 Å². The summed E-state index contributed by atoms with van der Waals surface area (Å²) in [5, 5.41) is 22.2. The molecule has 7 heteroatoms. The van der Waals surface area contributed by atoms with E-state index in [1.807, 2.05) is 47.4 Å². The average molecular weight is 415 g/mol. The van der Waals surface area contributed by atoms with Crippen LogP contribution in [0, 0.1) is 0 Å². The van der Waals surface area contributed by atoms with E-state index >= 15 is 0 Å². The molecule has 2 heterocycles. The topological polar surface area (TPSA) is 73.1 Å². The lowest BCUT2D eigenvalue weighted by molar-refractivity contribution is -0.141. The largest absolute Gasteiger partial charge is 0.481 e. The van der Waals surface area contributed by atoms with Gasteiger partial charge in [-0.25, -0.2) is 0 Å². The van der Waals surface area contributed by atoms with Gasteiger partial charge >= 0.3 is 5.97 Å². The second kappa shape index (κ2) is 6.51. The van der Waals surface area contributed by atoms with Crippen LogP contribution < -0.4 is 0 Å². The summed E-state index contributed by atoms with van der Waals surface area (Å²) in [5.74, 6) is -0.925. The highest BCUT2D eigenvalue weighted by Crippen LogP contribution is 2.55. The van der Waals surface area contributed by atoms with Crippen molar-refractivity contribution >= 4 is 34.5 Å². The van der Waals surface area contributed by atoms with Crippen molar-refractivity contribution in [3.63, 3.8) is 0 Å². The van der Waals surface area contributed by atoms with Crippen LogP contribution in [0.1, 0.15) is 35.6 Å². The molecule has 28 heavy (non-hydrogen) atoms. The van der Waals surface area contributed by atoms with Crippen LogP contribution in [-0.4, -0.2) is 37.5 Å². The Morgan fingerprint density at radius 2 is 2.07 bits per heavy atom. The van der Waals surface area contributed by atoms with Gasteiger partial charge in [0.2, 0.25) is 0 Å². The number of aliphatic hydroxyl groups is 1. The second-order valence-electron chi connectivity index (χ2n) is 7.47. The highest BCUT2D eigenvalue weighted by Gasteiger charge is 2.59. The number of amidine groups is 1. The molecule has 5 rings (SSSR count). The highest BCUT2D eigenvalue weighted by atomic mass is 35.5. The Kier molecular flexibility index (Phi) is 4.19. The molecule has 3 aliphatic rings. The highest BCUT2D eigenvalue weighted by molar-refractivity contribution is 8.14. The molecule has 1 aliphatic carbocycles. The zero-order chi connectivity index (χ0) is 19.5. The van der Waals surface area contributed by atoms with Gasteiger partial charge in [0.05, 0.1) is 23.8 Å². The Bertz CT molecular complexity index is 983. The molecular weight excluding hydrogens is 396 g/mol. The van der Waals surface area contributed by atoms with Gasteiger partial charge in [-0.2, -0.15) is 0 Å². The van der Waals surface area contributed by atoms with Gasteiger partial charge in [0.1, 0.15) is 0 Å². The number of aryl methyl sites for hydroxylation is 1. The molecule has 0 saturated carbocycles. The number of nitrogens with zero attached hydrogens (tertiary/aromatic N) is 2. The van der Waals surface area contributed by atoms with Crippen LogP contribution in [0.25, 0.3) is 0 Å². The van der Waals surface area contributed by atoms with Gasteiger partial charge in [-0.15, -0.1) is 0 Å². The van der Waals surface area contributed by atoms with E-state index in [0.717, 1.165) is 23.6 Å². The quantitative estimate of drug-likeness (QED) is 0.799. The van der Waals surface area contributed by atoms with Crippen molar-refractivity contribution in [2.75, 3.05) is 0 Å². The number of carboxylic acid groups (broad SMARTS) is 1. The molecule has 1 saturated heterocycles. The van der Waals surface area contributed by atoms with Gasteiger partial charge in [0.25, 0.3) is 0 Å². The van der Waals surface area contributed by atoms with Crippen molar-refractivity contribution in [3.05, 3.63) is 70.2 Å².